The average Bonchev–Trinajstić information content (AvgIpc) is 2.55. The number of aromatic hydroxyl groups is 2. The van der Waals surface area contributed by atoms with Crippen molar-refractivity contribution < 1.29 is 24.8 Å². The quantitative estimate of drug-likeness (QED) is 0.238. The minimum absolute atomic E-state index is 0.0839. The predicted octanol–water partition coefficient (Wildman–Crippen LogP) is 4.42. The van der Waals surface area contributed by atoms with E-state index in [9.17, 15) is 10.2 Å². The lowest BCUT2D eigenvalue weighted by Gasteiger charge is -2.10. The van der Waals surface area contributed by atoms with Gasteiger partial charge in [0.05, 0.1) is 17.7 Å². The fraction of sp³-hybridized carbons (Fsp3) is 0. The van der Waals surface area contributed by atoms with Gasteiger partial charge < -0.3 is 15.5 Å². The summed E-state index contributed by atoms with van der Waals surface area (Å²) in [6.45, 7) is 0. The number of hydrogen-bond acceptors (Lipinski definition) is 7. The largest absolute Gasteiger partial charge is 0.507 e. The zero-order valence-electron chi connectivity index (χ0n) is 11.8. The van der Waals surface area contributed by atoms with Crippen molar-refractivity contribution in [3.8, 4) is 11.5 Å². The number of para-hydroxylation sites is 2. The van der Waals surface area contributed by atoms with Crippen LogP contribution in [-0.2, 0) is 9.37 Å². The number of rotatable bonds is 5. The minimum Gasteiger partial charge on any atom is -0.507 e. The van der Waals surface area contributed by atoms with E-state index in [0.717, 1.165) is 23.1 Å². The molecule has 0 radical (unpaired) electrons. The summed E-state index contributed by atoms with van der Waals surface area (Å²) in [6.07, 6.45) is 0. The second-order valence-electron chi connectivity index (χ2n) is 4.75. The molecule has 0 heterocycles. The highest BCUT2D eigenvalue weighted by molar-refractivity contribution is 7.94. The van der Waals surface area contributed by atoms with E-state index < -0.39 is 0 Å². The van der Waals surface area contributed by atoms with Crippen LogP contribution >= 0.6 is 12.0 Å². The number of benzene rings is 3. The summed E-state index contributed by atoms with van der Waals surface area (Å²) in [6, 6.07) is 15.6. The van der Waals surface area contributed by atoms with Crippen LogP contribution in [0, 0.1) is 0 Å². The van der Waals surface area contributed by atoms with Crippen molar-refractivity contribution in [3.05, 3.63) is 54.6 Å². The zero-order valence-corrected chi connectivity index (χ0v) is 12.6. The van der Waals surface area contributed by atoms with Crippen LogP contribution in [0.3, 0.4) is 0 Å². The fourth-order valence-corrected chi connectivity index (χ4v) is 2.68. The third-order valence-electron chi connectivity index (χ3n) is 3.25. The lowest BCUT2D eigenvalue weighted by molar-refractivity contribution is -0.432. The fourth-order valence-electron chi connectivity index (χ4n) is 2.24. The van der Waals surface area contributed by atoms with E-state index in [0.29, 0.717) is 16.0 Å². The summed E-state index contributed by atoms with van der Waals surface area (Å²) in [5, 5.41) is 36.2. The van der Waals surface area contributed by atoms with Gasteiger partial charge in [-0.3, -0.25) is 0 Å². The van der Waals surface area contributed by atoms with Gasteiger partial charge in [-0.25, -0.2) is 5.26 Å². The van der Waals surface area contributed by atoms with Crippen LogP contribution in [0.5, 0.6) is 11.5 Å². The Morgan fingerprint density at radius 1 is 0.913 bits per heavy atom. The van der Waals surface area contributed by atoms with Gasteiger partial charge in [0.1, 0.15) is 11.5 Å². The highest BCUT2D eigenvalue weighted by Crippen LogP contribution is 2.34. The summed E-state index contributed by atoms with van der Waals surface area (Å²) >= 11 is 0.769. The molecular formula is C16H13NO5S. The Bertz CT molecular complexity index is 840. The Morgan fingerprint density at radius 3 is 2.52 bits per heavy atom. The van der Waals surface area contributed by atoms with E-state index >= 15 is 0 Å². The molecular weight excluding hydrogens is 318 g/mol. The van der Waals surface area contributed by atoms with Crippen molar-refractivity contribution in [1.82, 2.24) is 0 Å². The molecule has 0 unspecified atom stereocenters. The smallest absolute Gasteiger partial charge is 0.139 e. The number of phenolic OH excluding ortho intramolecular Hbond substituents is 2. The maximum absolute atomic E-state index is 10.0. The Morgan fingerprint density at radius 2 is 1.74 bits per heavy atom. The van der Waals surface area contributed by atoms with Crippen molar-refractivity contribution in [2.24, 2.45) is 0 Å². The maximum atomic E-state index is 10.0. The standard InChI is InChI=1S/C16H13NO5S/c18-15-4-2-1-3-14(15)17-11-5-6-13-10(7-11)8-12(9-16(13)19)23-22-21-20/h1-9,17-20H. The van der Waals surface area contributed by atoms with Gasteiger partial charge in [-0.2, -0.15) is 0 Å². The van der Waals surface area contributed by atoms with Gasteiger partial charge in [-0.1, -0.05) is 17.2 Å². The molecule has 0 amide bonds. The first kappa shape index (κ1) is 15.4. The topological polar surface area (TPSA) is 91.2 Å². The highest BCUT2D eigenvalue weighted by Gasteiger charge is 2.07. The van der Waals surface area contributed by atoms with E-state index in [1.807, 2.05) is 12.1 Å². The summed E-state index contributed by atoms with van der Waals surface area (Å²) in [5.41, 5.74) is 1.33. The predicted molar refractivity (Wildman–Crippen MR) is 87.7 cm³/mol. The van der Waals surface area contributed by atoms with Crippen molar-refractivity contribution in [2.45, 2.75) is 4.90 Å². The molecule has 6 nitrogen and oxygen atoms in total. The lowest BCUT2D eigenvalue weighted by Crippen LogP contribution is -1.90. The van der Waals surface area contributed by atoms with E-state index in [1.165, 1.54) is 6.07 Å². The van der Waals surface area contributed by atoms with Gasteiger partial charge in [0.15, 0.2) is 0 Å². The molecule has 3 rings (SSSR count). The Balaban J connectivity index is 1.95. The average molecular weight is 331 g/mol. The van der Waals surface area contributed by atoms with Crippen molar-refractivity contribution in [2.75, 3.05) is 5.32 Å². The van der Waals surface area contributed by atoms with Gasteiger partial charge in [0.25, 0.3) is 0 Å². The first-order valence-electron chi connectivity index (χ1n) is 6.64. The van der Waals surface area contributed by atoms with Gasteiger partial charge in [-0.15, -0.1) is 4.33 Å². The van der Waals surface area contributed by atoms with Crippen LogP contribution in [0.15, 0.2) is 59.5 Å². The molecule has 0 aliphatic heterocycles. The Kier molecular flexibility index (Phi) is 4.54. The molecule has 3 aromatic carbocycles. The molecule has 23 heavy (non-hydrogen) atoms. The maximum Gasteiger partial charge on any atom is 0.139 e. The second kappa shape index (κ2) is 6.76. The number of hydrogen-bond donors (Lipinski definition) is 4. The van der Waals surface area contributed by atoms with Crippen LogP contribution in [0.4, 0.5) is 11.4 Å². The van der Waals surface area contributed by atoms with E-state index in [-0.39, 0.29) is 11.5 Å². The molecule has 0 fully saturated rings. The van der Waals surface area contributed by atoms with Crippen molar-refractivity contribution >= 4 is 34.2 Å². The third-order valence-corrected chi connectivity index (χ3v) is 3.81. The van der Waals surface area contributed by atoms with Crippen molar-refractivity contribution in [3.63, 3.8) is 0 Å². The molecule has 7 heteroatoms. The first-order valence-corrected chi connectivity index (χ1v) is 7.38. The van der Waals surface area contributed by atoms with Crippen LogP contribution in [-0.4, -0.2) is 15.5 Å². The van der Waals surface area contributed by atoms with Gasteiger partial charge in [-0.05, 0) is 47.9 Å². The monoisotopic (exact) mass is 331 g/mol. The lowest BCUT2D eigenvalue weighted by atomic mass is 10.1. The minimum atomic E-state index is 0.0839. The molecule has 4 N–H and O–H groups in total. The van der Waals surface area contributed by atoms with Crippen molar-refractivity contribution in [1.29, 1.82) is 0 Å². The molecule has 0 atom stereocenters. The summed E-state index contributed by atoms with van der Waals surface area (Å²) in [5.74, 6) is 0.230. The Labute approximate surface area is 136 Å². The molecule has 0 saturated heterocycles. The third kappa shape index (κ3) is 3.49. The van der Waals surface area contributed by atoms with E-state index in [4.69, 9.17) is 5.26 Å². The number of fused-ring (bicyclic) bond motifs is 1. The molecule has 0 saturated carbocycles. The van der Waals surface area contributed by atoms with Crippen LogP contribution in [0.25, 0.3) is 10.8 Å². The van der Waals surface area contributed by atoms with Gasteiger partial charge in [0, 0.05) is 16.0 Å². The molecule has 0 aliphatic rings. The summed E-state index contributed by atoms with van der Waals surface area (Å²) in [4.78, 5) is 0.559. The van der Waals surface area contributed by atoms with Crippen LogP contribution in [0.2, 0.25) is 0 Å². The molecule has 118 valence electrons. The normalized spacial score (nSPS) is 10.8. The van der Waals surface area contributed by atoms with Crippen LogP contribution in [0.1, 0.15) is 0 Å². The molecule has 0 spiro atoms. The number of phenols is 2. The van der Waals surface area contributed by atoms with Gasteiger partial charge in [0.2, 0.25) is 0 Å². The van der Waals surface area contributed by atoms with E-state index in [1.54, 1.807) is 36.4 Å². The summed E-state index contributed by atoms with van der Waals surface area (Å²) in [7, 11) is 0. The Hall–Kier alpha value is -2.45. The molecule has 0 aromatic heterocycles. The first-order chi connectivity index (χ1) is 11.2. The van der Waals surface area contributed by atoms with Crippen LogP contribution < -0.4 is 5.32 Å². The van der Waals surface area contributed by atoms with Gasteiger partial charge >= 0.3 is 0 Å². The van der Waals surface area contributed by atoms with E-state index in [2.05, 4.69) is 14.7 Å². The zero-order chi connectivity index (χ0) is 16.2. The highest BCUT2D eigenvalue weighted by atomic mass is 32.2. The number of anilines is 2. The summed E-state index contributed by atoms with van der Waals surface area (Å²) < 4.78 is 4.38. The SMILES string of the molecule is OOOSc1cc(O)c2ccc(Nc3ccccc3O)cc2c1. The molecule has 3 aromatic rings. The second-order valence-corrected chi connectivity index (χ2v) is 5.52. The molecule has 0 aliphatic carbocycles. The molecule has 0 bridgehead atoms. The number of nitrogens with one attached hydrogen (secondary N) is 1.